The number of hydrogen-bond donors (Lipinski definition) is 2. The zero-order valence-electron chi connectivity index (χ0n) is 11.3. The maximum atomic E-state index is 12.1. The van der Waals surface area contributed by atoms with Crippen LogP contribution in [0.1, 0.15) is 16.1 Å². The number of ether oxygens (including phenoxy) is 1. The number of nitriles is 1. The molecule has 6 heteroatoms. The summed E-state index contributed by atoms with van der Waals surface area (Å²) in [5.41, 5.74) is 0.724. The van der Waals surface area contributed by atoms with Crippen molar-refractivity contribution in [3.8, 4) is 11.8 Å². The van der Waals surface area contributed by atoms with Crippen molar-refractivity contribution >= 4 is 11.6 Å². The minimum atomic E-state index is -0.538. The molecule has 2 N–H and O–H groups in total. The first kappa shape index (κ1) is 14.3. The van der Waals surface area contributed by atoms with Gasteiger partial charge in [0.1, 0.15) is 17.4 Å². The first-order valence-electron chi connectivity index (χ1n) is 6.21. The quantitative estimate of drug-likeness (QED) is 0.895. The van der Waals surface area contributed by atoms with Gasteiger partial charge < -0.3 is 15.0 Å². The Hall–Kier alpha value is -3.07. The number of pyridine rings is 1. The van der Waals surface area contributed by atoms with Crippen LogP contribution in [0.4, 0.5) is 5.69 Å². The Kier molecular flexibility index (Phi) is 4.36. The third-order valence-corrected chi connectivity index (χ3v) is 2.73. The first-order chi connectivity index (χ1) is 10.1. The summed E-state index contributed by atoms with van der Waals surface area (Å²) in [6.45, 7) is 1.60. The van der Waals surface area contributed by atoms with Crippen molar-refractivity contribution < 1.29 is 9.53 Å². The fourth-order valence-electron chi connectivity index (χ4n) is 1.75. The second-order valence-electron chi connectivity index (χ2n) is 4.29. The van der Waals surface area contributed by atoms with Crippen LogP contribution in [0.5, 0.6) is 5.75 Å². The van der Waals surface area contributed by atoms with Crippen molar-refractivity contribution in [2.45, 2.75) is 6.92 Å². The molecule has 1 amide bonds. The molecule has 0 spiro atoms. The summed E-state index contributed by atoms with van der Waals surface area (Å²) < 4.78 is 5.21. The second kappa shape index (κ2) is 6.39. The van der Waals surface area contributed by atoms with Crippen LogP contribution in [0.15, 0.2) is 41.3 Å². The van der Waals surface area contributed by atoms with Crippen molar-refractivity contribution in [1.82, 2.24) is 4.98 Å². The molecule has 0 atom stereocenters. The molecule has 0 saturated heterocycles. The van der Waals surface area contributed by atoms with E-state index in [-0.39, 0.29) is 17.6 Å². The van der Waals surface area contributed by atoms with Crippen molar-refractivity contribution in [2.24, 2.45) is 0 Å². The number of anilines is 1. The summed E-state index contributed by atoms with van der Waals surface area (Å²) in [5, 5.41) is 11.1. The van der Waals surface area contributed by atoms with Crippen LogP contribution >= 0.6 is 0 Å². The highest BCUT2D eigenvalue weighted by Crippen LogP contribution is 2.23. The number of aryl methyl sites for hydroxylation is 1. The van der Waals surface area contributed by atoms with E-state index in [0.717, 1.165) is 0 Å². The number of nitrogens with one attached hydrogen (secondary N) is 2. The number of carbonyl (C=O) groups excluding carboxylic acids is 1. The molecule has 0 fully saturated rings. The van der Waals surface area contributed by atoms with Crippen LogP contribution in [0, 0.1) is 18.3 Å². The van der Waals surface area contributed by atoms with Crippen molar-refractivity contribution in [3.63, 3.8) is 0 Å². The predicted molar refractivity (Wildman–Crippen MR) is 77.3 cm³/mol. The highest BCUT2D eigenvalue weighted by atomic mass is 16.5. The number of aromatic nitrogens is 1. The van der Waals surface area contributed by atoms with Gasteiger partial charge in [0, 0.05) is 18.0 Å². The van der Waals surface area contributed by atoms with Gasteiger partial charge in [0.05, 0.1) is 5.69 Å². The van der Waals surface area contributed by atoms with Crippen molar-refractivity contribution in [3.05, 3.63) is 58.0 Å². The van der Waals surface area contributed by atoms with E-state index in [4.69, 9.17) is 10.00 Å². The summed E-state index contributed by atoms with van der Waals surface area (Å²) in [6, 6.07) is 9.91. The number of aromatic amines is 1. The normalized spacial score (nSPS) is 9.71. The average Bonchev–Trinajstić information content (AvgIpc) is 2.46. The summed E-state index contributed by atoms with van der Waals surface area (Å²) in [7, 11) is 0. The Bertz CT molecular complexity index is 759. The van der Waals surface area contributed by atoms with Gasteiger partial charge in [-0.25, -0.2) is 0 Å². The maximum Gasteiger partial charge on any atom is 0.261 e. The molecule has 106 valence electrons. The van der Waals surface area contributed by atoms with Gasteiger partial charge in [0.25, 0.3) is 5.91 Å². The number of rotatable bonds is 4. The molecule has 2 rings (SSSR count). The van der Waals surface area contributed by atoms with Crippen LogP contribution in [-0.4, -0.2) is 17.5 Å². The average molecular weight is 283 g/mol. The molecular formula is C15H13N3O3. The Labute approximate surface area is 121 Å². The van der Waals surface area contributed by atoms with Crippen LogP contribution in [0.25, 0.3) is 0 Å². The second-order valence-corrected chi connectivity index (χ2v) is 4.29. The van der Waals surface area contributed by atoms with Crippen molar-refractivity contribution in [1.29, 1.82) is 5.26 Å². The fourth-order valence-corrected chi connectivity index (χ4v) is 1.75. The predicted octanol–water partition coefficient (Wildman–Crippen LogP) is 1.84. The van der Waals surface area contributed by atoms with E-state index >= 15 is 0 Å². The van der Waals surface area contributed by atoms with E-state index in [0.29, 0.717) is 17.1 Å². The minimum absolute atomic E-state index is 0.00989. The zero-order valence-corrected chi connectivity index (χ0v) is 11.3. The van der Waals surface area contributed by atoms with E-state index in [1.54, 1.807) is 31.2 Å². The largest absolute Gasteiger partial charge is 0.477 e. The Morgan fingerprint density at radius 1 is 1.43 bits per heavy atom. The molecule has 0 aliphatic carbocycles. The lowest BCUT2D eigenvalue weighted by Crippen LogP contribution is -2.21. The molecule has 0 unspecified atom stereocenters. The molecule has 1 heterocycles. The molecule has 0 aliphatic heterocycles. The smallest absolute Gasteiger partial charge is 0.261 e. The van der Waals surface area contributed by atoms with Crippen molar-refractivity contribution in [2.75, 3.05) is 11.9 Å². The lowest BCUT2D eigenvalue weighted by molar-refractivity contribution is 0.102. The Balaban J connectivity index is 2.24. The Morgan fingerprint density at radius 3 is 2.90 bits per heavy atom. The van der Waals surface area contributed by atoms with E-state index in [2.05, 4.69) is 10.3 Å². The molecule has 0 saturated carbocycles. The Morgan fingerprint density at radius 2 is 2.19 bits per heavy atom. The minimum Gasteiger partial charge on any atom is -0.477 e. The molecule has 0 radical (unpaired) electrons. The third-order valence-electron chi connectivity index (χ3n) is 2.73. The van der Waals surface area contributed by atoms with Gasteiger partial charge in [0.15, 0.2) is 12.0 Å². The molecule has 21 heavy (non-hydrogen) atoms. The molecular weight excluding hydrogens is 270 g/mol. The molecule has 1 aromatic carbocycles. The van der Waals surface area contributed by atoms with Crippen LogP contribution in [-0.2, 0) is 0 Å². The first-order valence-corrected chi connectivity index (χ1v) is 6.21. The number of amides is 1. The van der Waals surface area contributed by atoms with Gasteiger partial charge in [-0.2, -0.15) is 5.26 Å². The van der Waals surface area contributed by atoms with E-state index in [1.165, 1.54) is 12.3 Å². The van der Waals surface area contributed by atoms with E-state index in [9.17, 15) is 9.59 Å². The highest BCUT2D eigenvalue weighted by Gasteiger charge is 2.13. The number of carbonyl (C=O) groups is 1. The molecule has 0 aliphatic rings. The van der Waals surface area contributed by atoms with Crippen LogP contribution < -0.4 is 15.5 Å². The standard InChI is InChI=1S/C15H13N3O3/c1-10-8-13(19)11(9-17-10)15(20)18-12-4-2-3-5-14(12)21-7-6-16/h2-5,8-9H,7H2,1H3,(H,17,19)(H,18,20). The SMILES string of the molecule is Cc1cc(=O)c(C(=O)Nc2ccccc2OCC#N)c[nH]1. The lowest BCUT2D eigenvalue weighted by atomic mass is 10.2. The summed E-state index contributed by atoms with van der Waals surface area (Å²) in [4.78, 5) is 26.7. The topological polar surface area (TPSA) is 95.0 Å². The van der Waals surface area contributed by atoms with E-state index in [1.807, 2.05) is 6.07 Å². The van der Waals surface area contributed by atoms with Gasteiger partial charge in [-0.15, -0.1) is 0 Å². The van der Waals surface area contributed by atoms with Gasteiger partial charge in [0.2, 0.25) is 0 Å². The summed E-state index contributed by atoms with van der Waals surface area (Å²) in [6.07, 6.45) is 1.37. The molecule has 1 aromatic heterocycles. The van der Waals surface area contributed by atoms with E-state index < -0.39 is 5.91 Å². The molecule has 0 bridgehead atoms. The maximum absolute atomic E-state index is 12.1. The highest BCUT2D eigenvalue weighted by molar-refractivity contribution is 6.04. The van der Waals surface area contributed by atoms with Crippen LogP contribution in [0.3, 0.4) is 0 Å². The van der Waals surface area contributed by atoms with Gasteiger partial charge in [-0.3, -0.25) is 9.59 Å². The number of nitrogens with zero attached hydrogens (tertiary/aromatic N) is 1. The monoisotopic (exact) mass is 283 g/mol. The zero-order chi connectivity index (χ0) is 15.2. The lowest BCUT2D eigenvalue weighted by Gasteiger charge is -2.10. The number of hydrogen-bond acceptors (Lipinski definition) is 4. The molecule has 2 aromatic rings. The van der Waals surface area contributed by atoms with Gasteiger partial charge in [-0.1, -0.05) is 12.1 Å². The molecule has 6 nitrogen and oxygen atoms in total. The summed E-state index contributed by atoms with van der Waals surface area (Å²) in [5.74, 6) is -0.166. The number of para-hydroxylation sites is 2. The van der Waals surface area contributed by atoms with Gasteiger partial charge in [-0.05, 0) is 19.1 Å². The van der Waals surface area contributed by atoms with Gasteiger partial charge >= 0.3 is 0 Å². The number of benzene rings is 1. The third kappa shape index (κ3) is 3.48. The van der Waals surface area contributed by atoms with Crippen LogP contribution in [0.2, 0.25) is 0 Å². The number of H-pyrrole nitrogens is 1. The fraction of sp³-hybridized carbons (Fsp3) is 0.133. The summed E-state index contributed by atoms with van der Waals surface area (Å²) >= 11 is 0.